The summed E-state index contributed by atoms with van der Waals surface area (Å²) in [5.41, 5.74) is 0.0320. The van der Waals surface area contributed by atoms with Crippen molar-refractivity contribution in [1.82, 2.24) is 9.80 Å². The topological polar surface area (TPSA) is 59.1 Å². The molecule has 0 radical (unpaired) electrons. The highest BCUT2D eigenvalue weighted by atomic mass is 35.5. The zero-order valence-corrected chi connectivity index (χ0v) is 19.6. The van der Waals surface area contributed by atoms with Gasteiger partial charge in [-0.1, -0.05) is 41.9 Å². The number of ether oxygens (including phenoxy) is 2. The maximum absolute atomic E-state index is 13.2. The van der Waals surface area contributed by atoms with E-state index < -0.39 is 5.60 Å². The smallest absolute Gasteiger partial charge is 0.227 e. The van der Waals surface area contributed by atoms with E-state index in [1.54, 1.807) is 17.0 Å². The maximum atomic E-state index is 13.2. The minimum Gasteiger partial charge on any atom is -0.490 e. The molecule has 2 saturated heterocycles. The summed E-state index contributed by atoms with van der Waals surface area (Å²) in [6.07, 6.45) is 3.71. The predicted octanol–water partition coefficient (Wildman–Crippen LogP) is 3.96. The van der Waals surface area contributed by atoms with Crippen molar-refractivity contribution in [3.8, 4) is 5.75 Å². The molecule has 1 atom stereocenters. The van der Waals surface area contributed by atoms with Crippen LogP contribution in [-0.4, -0.2) is 66.6 Å². The average Bonchev–Trinajstić information content (AvgIpc) is 2.85. The Morgan fingerprint density at radius 1 is 0.909 bits per heavy atom. The van der Waals surface area contributed by atoms with Gasteiger partial charge >= 0.3 is 0 Å². The number of rotatable bonds is 7. The van der Waals surface area contributed by atoms with Gasteiger partial charge < -0.3 is 19.3 Å². The van der Waals surface area contributed by atoms with E-state index in [1.807, 2.05) is 47.4 Å². The maximum Gasteiger partial charge on any atom is 0.227 e. The van der Waals surface area contributed by atoms with Crippen LogP contribution in [0.1, 0.15) is 31.2 Å². The summed E-state index contributed by atoms with van der Waals surface area (Å²) in [5.74, 6) is 0.795. The van der Waals surface area contributed by atoms with Gasteiger partial charge in [0, 0.05) is 24.7 Å². The summed E-state index contributed by atoms with van der Waals surface area (Å²) in [6, 6.07) is 16.8. The molecule has 2 aliphatic rings. The predicted molar refractivity (Wildman–Crippen MR) is 127 cm³/mol. The third kappa shape index (κ3) is 6.49. The molecule has 4 rings (SSSR count). The molecule has 7 heteroatoms. The van der Waals surface area contributed by atoms with Crippen molar-refractivity contribution < 1.29 is 19.1 Å². The first-order valence-corrected chi connectivity index (χ1v) is 12.0. The SMILES string of the molecule is O=C(CC1(COc2ccccc2)CN(C(=O)Cc2ccc(Cl)cc2)CCO1)N1CCCCC1. The first-order valence-electron chi connectivity index (χ1n) is 11.6. The van der Waals surface area contributed by atoms with Crippen LogP contribution < -0.4 is 4.74 Å². The lowest BCUT2D eigenvalue weighted by molar-refractivity contribution is -0.166. The Morgan fingerprint density at radius 2 is 1.64 bits per heavy atom. The normalized spacial score (nSPS) is 21.0. The van der Waals surface area contributed by atoms with Crippen molar-refractivity contribution >= 4 is 23.4 Å². The third-order valence-corrected chi connectivity index (χ3v) is 6.55. The van der Waals surface area contributed by atoms with Gasteiger partial charge in [0.05, 0.1) is 26.0 Å². The molecular formula is C26H31ClN2O4. The third-order valence-electron chi connectivity index (χ3n) is 6.30. The van der Waals surface area contributed by atoms with E-state index in [2.05, 4.69) is 0 Å². The lowest BCUT2D eigenvalue weighted by Gasteiger charge is -2.43. The summed E-state index contributed by atoms with van der Waals surface area (Å²) >= 11 is 5.97. The van der Waals surface area contributed by atoms with Gasteiger partial charge in [-0.15, -0.1) is 0 Å². The molecule has 2 aromatic rings. The summed E-state index contributed by atoms with van der Waals surface area (Å²) in [4.78, 5) is 30.0. The van der Waals surface area contributed by atoms with Crippen LogP contribution in [0.5, 0.6) is 5.75 Å². The van der Waals surface area contributed by atoms with Crippen molar-refractivity contribution in [3.63, 3.8) is 0 Å². The molecule has 2 aliphatic heterocycles. The lowest BCUT2D eigenvalue weighted by atomic mass is 9.95. The van der Waals surface area contributed by atoms with E-state index in [-0.39, 0.29) is 31.3 Å². The summed E-state index contributed by atoms with van der Waals surface area (Å²) < 4.78 is 12.3. The Labute approximate surface area is 200 Å². The largest absolute Gasteiger partial charge is 0.490 e. The number of nitrogens with zero attached hydrogens (tertiary/aromatic N) is 2. The van der Waals surface area contributed by atoms with Gasteiger partial charge in [0.2, 0.25) is 11.8 Å². The van der Waals surface area contributed by atoms with Gasteiger partial charge in [-0.25, -0.2) is 0 Å². The first-order chi connectivity index (χ1) is 16.0. The molecule has 1 unspecified atom stereocenters. The summed E-state index contributed by atoms with van der Waals surface area (Å²) in [6.45, 7) is 2.98. The first kappa shape index (κ1) is 23.6. The second-order valence-corrected chi connectivity index (χ2v) is 9.31. The molecule has 0 aliphatic carbocycles. The fraction of sp³-hybridized carbons (Fsp3) is 0.462. The van der Waals surface area contributed by atoms with Gasteiger partial charge in [0.15, 0.2) is 0 Å². The molecule has 176 valence electrons. The number of carbonyl (C=O) groups is 2. The van der Waals surface area contributed by atoms with E-state index in [0.29, 0.717) is 24.7 Å². The van der Waals surface area contributed by atoms with E-state index >= 15 is 0 Å². The van der Waals surface area contributed by atoms with Crippen LogP contribution >= 0.6 is 11.6 Å². The Morgan fingerprint density at radius 3 is 2.36 bits per heavy atom. The van der Waals surface area contributed by atoms with Gasteiger partial charge in [-0.3, -0.25) is 9.59 Å². The van der Waals surface area contributed by atoms with Crippen LogP contribution in [0.4, 0.5) is 0 Å². The number of likely N-dealkylation sites (tertiary alicyclic amines) is 1. The second-order valence-electron chi connectivity index (χ2n) is 8.87. The quantitative estimate of drug-likeness (QED) is 0.614. The molecule has 2 heterocycles. The number of carbonyl (C=O) groups excluding carboxylic acids is 2. The molecule has 0 spiro atoms. The zero-order chi connectivity index (χ0) is 23.1. The summed E-state index contributed by atoms with van der Waals surface area (Å²) in [5, 5.41) is 0.644. The van der Waals surface area contributed by atoms with Gasteiger partial charge in [0.25, 0.3) is 0 Å². The van der Waals surface area contributed by atoms with Crippen molar-refractivity contribution in [1.29, 1.82) is 0 Å². The van der Waals surface area contributed by atoms with Crippen LogP contribution in [0.2, 0.25) is 5.02 Å². The lowest BCUT2D eigenvalue weighted by Crippen LogP contribution is -2.58. The number of piperidine rings is 1. The van der Waals surface area contributed by atoms with Crippen molar-refractivity contribution in [2.45, 2.75) is 37.7 Å². The number of amides is 2. The highest BCUT2D eigenvalue weighted by Crippen LogP contribution is 2.27. The molecule has 2 fully saturated rings. The number of hydrogen-bond donors (Lipinski definition) is 0. The minimum atomic E-state index is -0.877. The van der Waals surface area contributed by atoms with E-state index in [4.69, 9.17) is 21.1 Å². The van der Waals surface area contributed by atoms with Gasteiger partial charge in [-0.2, -0.15) is 0 Å². The van der Waals surface area contributed by atoms with Gasteiger partial charge in [0.1, 0.15) is 18.0 Å². The second kappa shape index (κ2) is 11.0. The number of hydrogen-bond acceptors (Lipinski definition) is 4. The highest BCUT2D eigenvalue weighted by molar-refractivity contribution is 6.30. The molecule has 0 bridgehead atoms. The Bertz CT molecular complexity index is 931. The standard InChI is InChI=1S/C26H31ClN2O4/c27-22-11-9-21(10-12-22)17-24(30)29-15-16-33-26(19-29,20-32-23-7-3-1-4-8-23)18-25(31)28-13-5-2-6-14-28/h1,3-4,7-12H,2,5-6,13-20H2. The Balaban J connectivity index is 1.47. The van der Waals surface area contributed by atoms with Crippen molar-refractivity contribution in [2.24, 2.45) is 0 Å². The fourth-order valence-electron chi connectivity index (χ4n) is 4.45. The molecular weight excluding hydrogens is 440 g/mol. The van der Waals surface area contributed by atoms with Crippen LogP contribution in [-0.2, 0) is 20.7 Å². The zero-order valence-electron chi connectivity index (χ0n) is 18.9. The van der Waals surface area contributed by atoms with E-state index in [0.717, 1.165) is 43.7 Å². The number of benzene rings is 2. The molecule has 2 amide bonds. The Hall–Kier alpha value is -2.57. The molecule has 6 nitrogen and oxygen atoms in total. The average molecular weight is 471 g/mol. The number of halogens is 1. The number of morpholine rings is 1. The fourth-order valence-corrected chi connectivity index (χ4v) is 4.58. The molecule has 0 saturated carbocycles. The van der Waals surface area contributed by atoms with Crippen molar-refractivity contribution in [2.75, 3.05) is 39.4 Å². The molecule has 33 heavy (non-hydrogen) atoms. The Kier molecular flexibility index (Phi) is 7.89. The molecule has 0 N–H and O–H groups in total. The van der Waals surface area contributed by atoms with Gasteiger partial charge in [-0.05, 0) is 49.1 Å². The minimum absolute atomic E-state index is 0.00938. The van der Waals surface area contributed by atoms with E-state index in [1.165, 1.54) is 0 Å². The number of para-hydroxylation sites is 1. The molecule has 2 aromatic carbocycles. The monoisotopic (exact) mass is 470 g/mol. The molecule has 0 aromatic heterocycles. The summed E-state index contributed by atoms with van der Waals surface area (Å²) in [7, 11) is 0. The highest BCUT2D eigenvalue weighted by Gasteiger charge is 2.42. The van der Waals surface area contributed by atoms with Crippen LogP contribution in [0.25, 0.3) is 0 Å². The van der Waals surface area contributed by atoms with E-state index in [9.17, 15) is 9.59 Å². The van der Waals surface area contributed by atoms with Crippen LogP contribution in [0.3, 0.4) is 0 Å². The van der Waals surface area contributed by atoms with Crippen LogP contribution in [0, 0.1) is 0 Å². The van der Waals surface area contributed by atoms with Crippen LogP contribution in [0.15, 0.2) is 54.6 Å². The van der Waals surface area contributed by atoms with Crippen molar-refractivity contribution in [3.05, 3.63) is 65.2 Å².